The summed E-state index contributed by atoms with van der Waals surface area (Å²) in [4.78, 5) is 29.4. The smallest absolute Gasteiger partial charge is 0.411 e. The van der Waals surface area contributed by atoms with Crippen molar-refractivity contribution < 1.29 is 19.4 Å². The summed E-state index contributed by atoms with van der Waals surface area (Å²) in [5, 5.41) is 9.47. The number of carbonyl (C=O) groups excluding carboxylic acids is 1. The van der Waals surface area contributed by atoms with Crippen molar-refractivity contribution in [1.82, 2.24) is 9.88 Å². The summed E-state index contributed by atoms with van der Waals surface area (Å²) >= 11 is 0. The molecule has 6 nitrogen and oxygen atoms in total. The minimum Gasteiger partial charge on any atom is -0.480 e. The van der Waals surface area contributed by atoms with Crippen molar-refractivity contribution in [3.8, 4) is 0 Å². The van der Waals surface area contributed by atoms with Crippen LogP contribution in [-0.2, 0) is 16.1 Å². The molecule has 6 heteroatoms. The van der Waals surface area contributed by atoms with Crippen LogP contribution in [0.1, 0.15) is 40.3 Å². The zero-order valence-electron chi connectivity index (χ0n) is 13.7. The number of carboxylic acids is 1. The van der Waals surface area contributed by atoms with Crippen molar-refractivity contribution in [1.29, 1.82) is 0 Å². The molecule has 1 N–H and O–H groups in total. The number of aromatic nitrogens is 1. The van der Waals surface area contributed by atoms with Gasteiger partial charge in [0.1, 0.15) is 11.6 Å². The quantitative estimate of drug-likeness (QED) is 0.904. The fourth-order valence-electron chi connectivity index (χ4n) is 2.04. The van der Waals surface area contributed by atoms with Crippen LogP contribution < -0.4 is 0 Å². The second-order valence-electron chi connectivity index (χ2n) is 6.46. The highest BCUT2D eigenvalue weighted by molar-refractivity contribution is 5.80. The fraction of sp³-hybridized carbons (Fsp3) is 0.562. The first kappa shape index (κ1) is 17.9. The van der Waals surface area contributed by atoms with Crippen LogP contribution in [-0.4, -0.2) is 38.7 Å². The number of ether oxygens (including phenoxy) is 1. The van der Waals surface area contributed by atoms with Gasteiger partial charge in [-0.05, 0) is 38.8 Å². The maximum Gasteiger partial charge on any atom is 0.411 e. The lowest BCUT2D eigenvalue weighted by atomic mass is 10.0. The zero-order chi connectivity index (χ0) is 16.9. The molecule has 0 saturated carbocycles. The van der Waals surface area contributed by atoms with E-state index in [1.54, 1.807) is 59.0 Å². The Morgan fingerprint density at radius 1 is 1.32 bits per heavy atom. The summed E-state index contributed by atoms with van der Waals surface area (Å²) in [6.07, 6.45) is 0.951. The number of carboxylic acid groups (broad SMARTS) is 1. The number of aliphatic carboxylic acids is 1. The summed E-state index contributed by atoms with van der Waals surface area (Å²) < 4.78 is 5.35. The lowest BCUT2D eigenvalue weighted by molar-refractivity contribution is -0.145. The topological polar surface area (TPSA) is 79.7 Å². The van der Waals surface area contributed by atoms with E-state index in [2.05, 4.69) is 4.98 Å². The SMILES string of the molecule is CC(C)C(C(=O)O)N(Cc1ccccn1)C(=O)OC(C)(C)C. The van der Waals surface area contributed by atoms with E-state index in [0.717, 1.165) is 0 Å². The monoisotopic (exact) mass is 308 g/mol. The number of nitrogens with zero attached hydrogens (tertiary/aromatic N) is 2. The van der Waals surface area contributed by atoms with E-state index < -0.39 is 23.7 Å². The van der Waals surface area contributed by atoms with Crippen LogP contribution in [0, 0.1) is 5.92 Å². The average molecular weight is 308 g/mol. The Morgan fingerprint density at radius 3 is 2.36 bits per heavy atom. The largest absolute Gasteiger partial charge is 0.480 e. The zero-order valence-corrected chi connectivity index (χ0v) is 13.7. The molecule has 1 unspecified atom stereocenters. The molecular formula is C16H24N2O4. The van der Waals surface area contributed by atoms with Crippen molar-refractivity contribution in [2.24, 2.45) is 5.92 Å². The normalized spacial score (nSPS) is 12.8. The Kier molecular flexibility index (Phi) is 5.91. The van der Waals surface area contributed by atoms with Gasteiger partial charge in [-0.15, -0.1) is 0 Å². The molecule has 0 aliphatic carbocycles. The molecule has 122 valence electrons. The van der Waals surface area contributed by atoms with Gasteiger partial charge < -0.3 is 9.84 Å². The molecule has 22 heavy (non-hydrogen) atoms. The Morgan fingerprint density at radius 2 is 1.95 bits per heavy atom. The predicted molar refractivity (Wildman–Crippen MR) is 82.3 cm³/mol. The third kappa shape index (κ3) is 5.35. The Balaban J connectivity index is 3.08. The first-order chi connectivity index (χ1) is 10.1. The highest BCUT2D eigenvalue weighted by Crippen LogP contribution is 2.19. The van der Waals surface area contributed by atoms with E-state index in [4.69, 9.17) is 4.74 Å². The molecule has 0 radical (unpaired) electrons. The van der Waals surface area contributed by atoms with Crippen molar-refractivity contribution >= 4 is 12.1 Å². The van der Waals surface area contributed by atoms with Crippen molar-refractivity contribution in [2.45, 2.75) is 52.8 Å². The van der Waals surface area contributed by atoms with Crippen LogP contribution in [0.15, 0.2) is 24.4 Å². The number of amides is 1. The molecule has 1 aromatic rings. The fourth-order valence-corrected chi connectivity index (χ4v) is 2.04. The molecule has 0 aliphatic heterocycles. The Bertz CT molecular complexity index is 509. The second-order valence-corrected chi connectivity index (χ2v) is 6.46. The maximum absolute atomic E-state index is 12.4. The first-order valence-corrected chi connectivity index (χ1v) is 7.24. The minimum atomic E-state index is -1.06. The molecule has 0 aliphatic rings. The van der Waals surface area contributed by atoms with Gasteiger partial charge in [-0.25, -0.2) is 9.59 Å². The van der Waals surface area contributed by atoms with Gasteiger partial charge in [0, 0.05) is 6.20 Å². The Labute approximate surface area is 131 Å². The van der Waals surface area contributed by atoms with Crippen LogP contribution >= 0.6 is 0 Å². The highest BCUT2D eigenvalue weighted by Gasteiger charge is 2.35. The lowest BCUT2D eigenvalue weighted by Gasteiger charge is -2.33. The van der Waals surface area contributed by atoms with Gasteiger partial charge in [0.15, 0.2) is 0 Å². The molecule has 1 aromatic heterocycles. The minimum absolute atomic E-state index is 0.0882. The van der Waals surface area contributed by atoms with Crippen molar-refractivity contribution in [3.05, 3.63) is 30.1 Å². The third-order valence-electron chi connectivity index (χ3n) is 2.91. The van der Waals surface area contributed by atoms with Crippen LogP contribution in [0.25, 0.3) is 0 Å². The predicted octanol–water partition coefficient (Wildman–Crippen LogP) is 2.93. The molecule has 0 fully saturated rings. The lowest BCUT2D eigenvalue weighted by Crippen LogP contribution is -2.49. The average Bonchev–Trinajstić information content (AvgIpc) is 2.36. The number of pyridine rings is 1. The van der Waals surface area contributed by atoms with E-state index in [-0.39, 0.29) is 12.5 Å². The molecule has 1 rings (SSSR count). The summed E-state index contributed by atoms with van der Waals surface area (Å²) in [6.45, 7) is 8.84. The molecule has 0 saturated heterocycles. The van der Waals surface area contributed by atoms with Crippen LogP contribution in [0.2, 0.25) is 0 Å². The number of hydrogen-bond donors (Lipinski definition) is 1. The van der Waals surface area contributed by atoms with Crippen LogP contribution in [0.5, 0.6) is 0 Å². The second kappa shape index (κ2) is 7.24. The Hall–Kier alpha value is -2.11. The van der Waals surface area contributed by atoms with Gasteiger partial charge in [0.25, 0.3) is 0 Å². The van der Waals surface area contributed by atoms with E-state index >= 15 is 0 Å². The van der Waals surface area contributed by atoms with Gasteiger partial charge in [0.05, 0.1) is 12.2 Å². The highest BCUT2D eigenvalue weighted by atomic mass is 16.6. The van der Waals surface area contributed by atoms with E-state index in [1.165, 1.54) is 4.90 Å². The van der Waals surface area contributed by atoms with Gasteiger partial charge in [-0.1, -0.05) is 19.9 Å². The number of carbonyl (C=O) groups is 2. The summed E-state index contributed by atoms with van der Waals surface area (Å²) in [5.74, 6) is -1.31. The van der Waals surface area contributed by atoms with Crippen LogP contribution in [0.3, 0.4) is 0 Å². The molecular weight excluding hydrogens is 284 g/mol. The third-order valence-corrected chi connectivity index (χ3v) is 2.91. The van der Waals surface area contributed by atoms with Crippen LogP contribution in [0.4, 0.5) is 4.79 Å². The molecule has 0 spiro atoms. The van der Waals surface area contributed by atoms with E-state index in [0.29, 0.717) is 5.69 Å². The summed E-state index contributed by atoms with van der Waals surface area (Å²) in [7, 11) is 0. The standard InChI is InChI=1S/C16H24N2O4/c1-11(2)13(14(19)20)18(15(21)22-16(3,4)5)10-12-8-6-7-9-17-12/h6-9,11,13H,10H2,1-5H3,(H,19,20). The molecule has 1 amide bonds. The molecule has 0 bridgehead atoms. The summed E-state index contributed by atoms with van der Waals surface area (Å²) in [6, 6.07) is 4.33. The number of rotatable bonds is 5. The summed E-state index contributed by atoms with van der Waals surface area (Å²) in [5.41, 5.74) is -0.0836. The van der Waals surface area contributed by atoms with Crippen molar-refractivity contribution in [2.75, 3.05) is 0 Å². The van der Waals surface area contributed by atoms with E-state index in [1.807, 2.05) is 0 Å². The van der Waals surface area contributed by atoms with Gasteiger partial charge in [-0.3, -0.25) is 9.88 Å². The van der Waals surface area contributed by atoms with Gasteiger partial charge in [-0.2, -0.15) is 0 Å². The molecule has 1 heterocycles. The number of hydrogen-bond acceptors (Lipinski definition) is 4. The van der Waals surface area contributed by atoms with E-state index in [9.17, 15) is 14.7 Å². The molecule has 1 atom stereocenters. The maximum atomic E-state index is 12.4. The van der Waals surface area contributed by atoms with Crippen molar-refractivity contribution in [3.63, 3.8) is 0 Å². The van der Waals surface area contributed by atoms with Gasteiger partial charge in [0.2, 0.25) is 0 Å². The first-order valence-electron chi connectivity index (χ1n) is 7.24. The van der Waals surface area contributed by atoms with Gasteiger partial charge >= 0.3 is 12.1 Å². The molecule has 0 aromatic carbocycles.